The molecule has 1 saturated carbocycles. The molecule has 2 aliphatic rings. The van der Waals surface area contributed by atoms with E-state index in [2.05, 4.69) is 29.6 Å². The van der Waals surface area contributed by atoms with Gasteiger partial charge in [-0.2, -0.15) is 0 Å². The number of carbonyl (C=O) groups is 1. The predicted octanol–water partition coefficient (Wildman–Crippen LogP) is 2.27. The van der Waals surface area contributed by atoms with Gasteiger partial charge in [0, 0.05) is 17.9 Å². The first kappa shape index (κ1) is 16.4. The van der Waals surface area contributed by atoms with E-state index in [-0.39, 0.29) is 17.9 Å². The van der Waals surface area contributed by atoms with Gasteiger partial charge in [0.1, 0.15) is 6.54 Å². The zero-order valence-corrected chi connectivity index (χ0v) is 14.7. The first-order valence-corrected chi connectivity index (χ1v) is 9.54. The quantitative estimate of drug-likeness (QED) is 0.878. The van der Waals surface area contributed by atoms with E-state index < -0.39 is 0 Å². The Bertz CT molecular complexity index is 704. The largest absolute Gasteiger partial charge is 0.463 e. The summed E-state index contributed by atoms with van der Waals surface area (Å²) in [5.41, 5.74) is 2.88. The Labute approximate surface area is 149 Å². The van der Waals surface area contributed by atoms with E-state index in [1.807, 2.05) is 12.1 Å². The highest BCUT2D eigenvalue weighted by Crippen LogP contribution is 2.24. The molecule has 0 bridgehead atoms. The predicted molar refractivity (Wildman–Crippen MR) is 96.1 cm³/mol. The van der Waals surface area contributed by atoms with E-state index >= 15 is 0 Å². The molecule has 1 aliphatic carbocycles. The molecule has 4 rings (SSSR count). The first-order valence-electron chi connectivity index (χ1n) is 9.54. The van der Waals surface area contributed by atoms with Crippen LogP contribution in [-0.4, -0.2) is 19.0 Å². The van der Waals surface area contributed by atoms with Gasteiger partial charge in [0.25, 0.3) is 0 Å². The zero-order valence-electron chi connectivity index (χ0n) is 14.7. The molecule has 132 valence electrons. The summed E-state index contributed by atoms with van der Waals surface area (Å²) < 4.78 is 5.72. The normalized spacial score (nSPS) is 21.7. The summed E-state index contributed by atoms with van der Waals surface area (Å²) in [5.74, 6) is 1.42. The number of nitrogens with one attached hydrogen (secondary N) is 2. The molecule has 2 aromatic rings. The summed E-state index contributed by atoms with van der Waals surface area (Å²) in [5, 5.41) is 3.21. The third-order valence-electron chi connectivity index (χ3n) is 5.84. The third-order valence-corrected chi connectivity index (χ3v) is 5.84. The molecule has 0 spiro atoms. The molecule has 25 heavy (non-hydrogen) atoms. The Hall–Kier alpha value is -2.07. The van der Waals surface area contributed by atoms with E-state index in [4.69, 9.17) is 4.42 Å². The van der Waals surface area contributed by atoms with Crippen molar-refractivity contribution in [3.63, 3.8) is 0 Å². The van der Waals surface area contributed by atoms with Gasteiger partial charge in [-0.15, -0.1) is 0 Å². The van der Waals surface area contributed by atoms with Crippen LogP contribution in [0.25, 0.3) is 0 Å². The van der Waals surface area contributed by atoms with Crippen molar-refractivity contribution in [3.8, 4) is 0 Å². The number of rotatable bonds is 5. The topological polar surface area (TPSA) is 46.7 Å². The first-order chi connectivity index (χ1) is 12.3. The lowest BCUT2D eigenvalue weighted by Gasteiger charge is -2.32. The maximum absolute atomic E-state index is 12.4. The lowest BCUT2D eigenvalue weighted by molar-refractivity contribution is -0.946. The molecule has 1 aromatic heterocycles. The number of hydrogen-bond donors (Lipinski definition) is 2. The molecule has 0 radical (unpaired) electrons. The van der Waals surface area contributed by atoms with E-state index in [0.29, 0.717) is 6.54 Å². The number of benzene rings is 1. The van der Waals surface area contributed by atoms with Crippen LogP contribution in [0.4, 0.5) is 0 Å². The fraction of sp³-hybridized carbons (Fsp3) is 0.476. The number of hydrogen-bond acceptors (Lipinski definition) is 2. The van der Waals surface area contributed by atoms with Gasteiger partial charge < -0.3 is 14.6 Å². The summed E-state index contributed by atoms with van der Waals surface area (Å²) in [7, 11) is 0. The Kier molecular flexibility index (Phi) is 4.88. The number of quaternary nitrogens is 1. The lowest BCUT2D eigenvalue weighted by atomic mass is 9.98. The molecule has 1 amide bonds. The van der Waals surface area contributed by atoms with Gasteiger partial charge in [0.2, 0.25) is 5.91 Å². The summed E-state index contributed by atoms with van der Waals surface area (Å²) in [6, 6.07) is 12.9. The molecule has 1 aliphatic heterocycles. The highest BCUT2D eigenvalue weighted by atomic mass is 16.3. The minimum Gasteiger partial charge on any atom is -0.463 e. The van der Waals surface area contributed by atoms with Crippen molar-refractivity contribution in [3.05, 3.63) is 59.5 Å². The van der Waals surface area contributed by atoms with E-state index in [1.165, 1.54) is 28.9 Å². The second-order valence-electron chi connectivity index (χ2n) is 7.40. The molecule has 2 atom stereocenters. The Morgan fingerprint density at radius 2 is 1.96 bits per heavy atom. The Morgan fingerprint density at radius 3 is 2.72 bits per heavy atom. The van der Waals surface area contributed by atoms with Crippen LogP contribution in [0.3, 0.4) is 0 Å². The fourth-order valence-electron chi connectivity index (χ4n) is 4.37. The number of carbonyl (C=O) groups excluding carboxylic acids is 1. The SMILES string of the molecule is O=C(NC[C@H](c1ccco1)[NH+]1CCc2ccccc2C1)C1CCCC1. The molecule has 0 saturated heterocycles. The van der Waals surface area contributed by atoms with Gasteiger partial charge in [0.05, 0.1) is 19.4 Å². The van der Waals surface area contributed by atoms with E-state index in [0.717, 1.165) is 38.1 Å². The van der Waals surface area contributed by atoms with Gasteiger partial charge in [-0.3, -0.25) is 4.79 Å². The molecule has 1 fully saturated rings. The summed E-state index contributed by atoms with van der Waals surface area (Å²) >= 11 is 0. The average molecular weight is 339 g/mol. The molecular weight excluding hydrogens is 312 g/mol. The Balaban J connectivity index is 1.46. The maximum Gasteiger partial charge on any atom is 0.223 e. The van der Waals surface area contributed by atoms with Gasteiger partial charge in [-0.1, -0.05) is 37.1 Å². The van der Waals surface area contributed by atoms with Crippen LogP contribution < -0.4 is 10.2 Å². The van der Waals surface area contributed by atoms with Gasteiger partial charge in [0.15, 0.2) is 11.8 Å². The summed E-state index contributed by atoms with van der Waals surface area (Å²) in [4.78, 5) is 13.9. The summed E-state index contributed by atoms with van der Waals surface area (Å²) in [6.45, 7) is 2.71. The number of amides is 1. The van der Waals surface area contributed by atoms with E-state index in [9.17, 15) is 4.79 Å². The van der Waals surface area contributed by atoms with Gasteiger partial charge in [-0.25, -0.2) is 0 Å². The highest BCUT2D eigenvalue weighted by molar-refractivity contribution is 5.78. The monoisotopic (exact) mass is 339 g/mol. The van der Waals surface area contributed by atoms with Crippen molar-refractivity contribution in [2.75, 3.05) is 13.1 Å². The van der Waals surface area contributed by atoms with Crippen molar-refractivity contribution in [1.82, 2.24) is 5.32 Å². The standard InChI is InChI=1S/C21H26N2O2/c24-21(17-7-2-3-8-17)22-14-19(20-10-5-13-25-20)23-12-11-16-6-1-4-9-18(16)15-23/h1,4-6,9-10,13,17,19H,2-3,7-8,11-12,14-15H2,(H,22,24)/p+1/t19-/m1/s1. The third kappa shape index (κ3) is 3.64. The van der Waals surface area contributed by atoms with Crippen molar-refractivity contribution in [1.29, 1.82) is 0 Å². The molecule has 1 aromatic carbocycles. The van der Waals surface area contributed by atoms with Crippen molar-refractivity contribution in [2.24, 2.45) is 5.92 Å². The smallest absolute Gasteiger partial charge is 0.223 e. The Morgan fingerprint density at radius 1 is 1.16 bits per heavy atom. The van der Waals surface area contributed by atoms with Crippen LogP contribution in [-0.2, 0) is 17.8 Å². The van der Waals surface area contributed by atoms with Crippen LogP contribution >= 0.6 is 0 Å². The van der Waals surface area contributed by atoms with Crippen LogP contribution in [0.2, 0.25) is 0 Å². The van der Waals surface area contributed by atoms with Crippen molar-refractivity contribution >= 4 is 5.91 Å². The second-order valence-corrected chi connectivity index (χ2v) is 7.40. The number of furan rings is 1. The van der Waals surface area contributed by atoms with E-state index in [1.54, 1.807) is 6.26 Å². The molecule has 1 unspecified atom stereocenters. The fourth-order valence-corrected chi connectivity index (χ4v) is 4.37. The lowest BCUT2D eigenvalue weighted by Crippen LogP contribution is -3.12. The highest BCUT2D eigenvalue weighted by Gasteiger charge is 2.31. The van der Waals surface area contributed by atoms with Crippen molar-refractivity contribution < 1.29 is 14.1 Å². The number of fused-ring (bicyclic) bond motifs is 1. The van der Waals surface area contributed by atoms with Crippen LogP contribution in [0.15, 0.2) is 47.1 Å². The van der Waals surface area contributed by atoms with Gasteiger partial charge in [-0.05, 0) is 30.5 Å². The van der Waals surface area contributed by atoms with Crippen LogP contribution in [0.5, 0.6) is 0 Å². The van der Waals surface area contributed by atoms with Crippen molar-refractivity contribution in [2.45, 2.75) is 44.7 Å². The average Bonchev–Trinajstić information content (AvgIpc) is 3.35. The molecule has 4 heteroatoms. The zero-order chi connectivity index (χ0) is 17.1. The minimum absolute atomic E-state index is 0.175. The molecule has 2 heterocycles. The summed E-state index contributed by atoms with van der Waals surface area (Å²) in [6.07, 6.45) is 7.28. The maximum atomic E-state index is 12.4. The van der Waals surface area contributed by atoms with Crippen LogP contribution in [0.1, 0.15) is 48.6 Å². The molecular formula is C21H27N2O2+. The minimum atomic E-state index is 0.175. The molecule has 2 N–H and O–H groups in total. The second kappa shape index (κ2) is 7.44. The molecule has 4 nitrogen and oxygen atoms in total. The van der Waals surface area contributed by atoms with Crippen LogP contribution in [0, 0.1) is 5.92 Å². The van der Waals surface area contributed by atoms with Gasteiger partial charge >= 0.3 is 0 Å².